The number of carbonyl (C=O) groups excluding carboxylic acids is 1. The minimum atomic E-state index is -4.56. The van der Waals surface area contributed by atoms with Gasteiger partial charge in [0.2, 0.25) is 10.0 Å². The predicted molar refractivity (Wildman–Crippen MR) is 75.4 cm³/mol. The summed E-state index contributed by atoms with van der Waals surface area (Å²) >= 11 is 0. The molecule has 1 aromatic heterocycles. The van der Waals surface area contributed by atoms with Crippen LogP contribution in [-0.4, -0.2) is 32.2 Å². The van der Waals surface area contributed by atoms with Crippen molar-refractivity contribution in [1.29, 1.82) is 0 Å². The predicted octanol–water partition coefficient (Wildman–Crippen LogP) is 1.45. The van der Waals surface area contributed by atoms with Crippen molar-refractivity contribution in [3.63, 3.8) is 0 Å². The molecule has 0 aliphatic heterocycles. The second kappa shape index (κ2) is 7.01. The number of nitrogens with zero attached hydrogens (tertiary/aromatic N) is 1. The largest absolute Gasteiger partial charge is 0.405 e. The summed E-state index contributed by atoms with van der Waals surface area (Å²) in [6.45, 7) is -1.64. The van der Waals surface area contributed by atoms with Crippen molar-refractivity contribution >= 4 is 15.9 Å². The van der Waals surface area contributed by atoms with E-state index in [1.165, 1.54) is 30.5 Å². The monoisotopic (exact) mass is 363 g/mol. The number of amides is 1. The Morgan fingerprint density at radius 2 is 2.00 bits per heavy atom. The van der Waals surface area contributed by atoms with Gasteiger partial charge in [-0.05, 0) is 18.2 Å². The minimum absolute atomic E-state index is 0.136. The Kier molecular flexibility index (Phi) is 5.24. The van der Waals surface area contributed by atoms with E-state index in [0.717, 1.165) is 6.07 Å². The van der Waals surface area contributed by atoms with Gasteiger partial charge in [-0.3, -0.25) is 4.79 Å². The number of benzene rings is 1. The van der Waals surface area contributed by atoms with Gasteiger partial charge in [0.25, 0.3) is 5.91 Å². The number of carbonyl (C=O) groups is 1. The van der Waals surface area contributed by atoms with E-state index in [4.69, 9.17) is 0 Å². The van der Waals surface area contributed by atoms with Gasteiger partial charge in [-0.25, -0.2) is 13.1 Å². The van der Waals surface area contributed by atoms with Crippen LogP contribution in [0.3, 0.4) is 0 Å². The normalized spacial score (nSPS) is 12.1. The van der Waals surface area contributed by atoms with Crippen LogP contribution >= 0.6 is 0 Å². The highest BCUT2D eigenvalue weighted by Gasteiger charge is 2.28. The zero-order chi connectivity index (χ0) is 17.8. The highest BCUT2D eigenvalue weighted by Crippen LogP contribution is 2.14. The molecule has 0 saturated heterocycles. The lowest BCUT2D eigenvalue weighted by Gasteiger charge is -2.10. The third kappa shape index (κ3) is 5.06. The Labute approximate surface area is 134 Å². The molecule has 2 N–H and O–H groups in total. The molecule has 1 heterocycles. The Balaban J connectivity index is 2.09. The van der Waals surface area contributed by atoms with Crippen LogP contribution in [0.4, 0.5) is 13.2 Å². The molecule has 130 valence electrons. The summed E-state index contributed by atoms with van der Waals surface area (Å²) in [5.74, 6) is -1.03. The number of nitrogens with one attached hydrogen (secondary N) is 2. The van der Waals surface area contributed by atoms with E-state index in [1.54, 1.807) is 5.32 Å². The fourth-order valence-electron chi connectivity index (χ4n) is 1.67. The number of aromatic nitrogens is 1. The van der Waals surface area contributed by atoms with Gasteiger partial charge in [-0.2, -0.15) is 13.2 Å². The SMILES string of the molecule is O=C(NCC(F)(F)F)c1cccc(S(=O)(=O)NCc2ccon2)c1. The summed E-state index contributed by atoms with van der Waals surface area (Å²) in [7, 11) is -3.97. The molecule has 0 aliphatic carbocycles. The van der Waals surface area contributed by atoms with Crippen LogP contribution in [0.25, 0.3) is 0 Å². The van der Waals surface area contributed by atoms with Gasteiger partial charge in [0.15, 0.2) is 0 Å². The van der Waals surface area contributed by atoms with E-state index in [1.807, 2.05) is 0 Å². The average molecular weight is 363 g/mol. The van der Waals surface area contributed by atoms with Gasteiger partial charge in [-0.15, -0.1) is 0 Å². The zero-order valence-electron chi connectivity index (χ0n) is 12.0. The van der Waals surface area contributed by atoms with Crippen LogP contribution in [0, 0.1) is 0 Å². The molecule has 0 fully saturated rings. The number of alkyl halides is 3. The summed E-state index contributed by atoms with van der Waals surface area (Å²) in [6.07, 6.45) is -3.28. The molecule has 0 unspecified atom stereocenters. The number of sulfonamides is 1. The molecular formula is C13H12F3N3O4S. The first kappa shape index (κ1) is 17.9. The van der Waals surface area contributed by atoms with Gasteiger partial charge in [0.1, 0.15) is 12.8 Å². The topological polar surface area (TPSA) is 101 Å². The molecule has 0 bridgehead atoms. The lowest BCUT2D eigenvalue weighted by atomic mass is 10.2. The fraction of sp³-hybridized carbons (Fsp3) is 0.231. The summed E-state index contributed by atoms with van der Waals surface area (Å²) in [4.78, 5) is 11.4. The number of rotatable bonds is 6. The Hall–Kier alpha value is -2.40. The van der Waals surface area contributed by atoms with Gasteiger partial charge < -0.3 is 9.84 Å². The van der Waals surface area contributed by atoms with Crippen LogP contribution in [-0.2, 0) is 16.6 Å². The molecule has 0 spiro atoms. The van der Waals surface area contributed by atoms with Crippen LogP contribution in [0.5, 0.6) is 0 Å². The van der Waals surface area contributed by atoms with E-state index in [-0.39, 0.29) is 17.0 Å². The van der Waals surface area contributed by atoms with Crippen LogP contribution < -0.4 is 10.0 Å². The summed E-state index contributed by atoms with van der Waals surface area (Å²) in [5.41, 5.74) is 0.140. The molecule has 2 rings (SSSR count). The van der Waals surface area contributed by atoms with Gasteiger partial charge >= 0.3 is 6.18 Å². The number of hydrogen-bond acceptors (Lipinski definition) is 5. The second-order valence-corrected chi connectivity index (χ2v) is 6.41. The lowest BCUT2D eigenvalue weighted by Crippen LogP contribution is -2.33. The molecule has 11 heteroatoms. The van der Waals surface area contributed by atoms with Crippen molar-refractivity contribution in [2.45, 2.75) is 17.6 Å². The maximum atomic E-state index is 12.1. The third-order valence-electron chi connectivity index (χ3n) is 2.79. The van der Waals surface area contributed by atoms with Crippen molar-refractivity contribution in [2.24, 2.45) is 0 Å². The standard InChI is InChI=1S/C13H12F3N3O4S/c14-13(15,16)8-17-12(20)9-2-1-3-11(6-9)24(21,22)18-7-10-4-5-23-19-10/h1-6,18H,7-8H2,(H,17,20). The first-order valence-corrected chi connectivity index (χ1v) is 8.00. The van der Waals surface area contributed by atoms with Gasteiger partial charge in [0, 0.05) is 11.6 Å². The Morgan fingerprint density at radius 3 is 2.62 bits per heavy atom. The van der Waals surface area contributed by atoms with Gasteiger partial charge in [-0.1, -0.05) is 11.2 Å². The quantitative estimate of drug-likeness (QED) is 0.809. The highest BCUT2D eigenvalue weighted by molar-refractivity contribution is 7.89. The van der Waals surface area contributed by atoms with Crippen LogP contribution in [0.1, 0.15) is 16.1 Å². The van der Waals surface area contributed by atoms with Crippen molar-refractivity contribution in [3.05, 3.63) is 47.9 Å². The van der Waals surface area contributed by atoms with Crippen molar-refractivity contribution in [2.75, 3.05) is 6.54 Å². The molecule has 7 nitrogen and oxygen atoms in total. The van der Waals surface area contributed by atoms with E-state index in [0.29, 0.717) is 5.69 Å². The molecule has 0 aliphatic rings. The van der Waals surface area contributed by atoms with E-state index in [9.17, 15) is 26.4 Å². The van der Waals surface area contributed by atoms with Crippen LogP contribution in [0.15, 0.2) is 46.0 Å². The maximum absolute atomic E-state index is 12.1. The second-order valence-electron chi connectivity index (χ2n) is 4.64. The smallest absolute Gasteiger partial charge is 0.364 e. The molecule has 0 atom stereocenters. The maximum Gasteiger partial charge on any atom is 0.405 e. The highest BCUT2D eigenvalue weighted by atomic mass is 32.2. The molecule has 0 saturated carbocycles. The number of hydrogen-bond donors (Lipinski definition) is 2. The number of halogens is 3. The Morgan fingerprint density at radius 1 is 1.25 bits per heavy atom. The van der Waals surface area contributed by atoms with Crippen LogP contribution in [0.2, 0.25) is 0 Å². The molecular weight excluding hydrogens is 351 g/mol. The molecule has 2 aromatic rings. The molecule has 24 heavy (non-hydrogen) atoms. The first-order valence-electron chi connectivity index (χ1n) is 6.51. The van der Waals surface area contributed by atoms with Gasteiger partial charge in [0.05, 0.1) is 17.1 Å². The molecule has 1 aromatic carbocycles. The molecule has 0 radical (unpaired) electrons. The first-order chi connectivity index (χ1) is 11.2. The summed E-state index contributed by atoms with van der Waals surface area (Å²) in [5, 5.41) is 5.20. The van der Waals surface area contributed by atoms with E-state index >= 15 is 0 Å². The average Bonchev–Trinajstić information content (AvgIpc) is 3.04. The van der Waals surface area contributed by atoms with Crippen molar-refractivity contribution < 1.29 is 30.9 Å². The summed E-state index contributed by atoms with van der Waals surface area (Å²) in [6, 6.07) is 6.13. The Bertz CT molecular complexity index is 804. The fourth-order valence-corrected chi connectivity index (χ4v) is 2.71. The van der Waals surface area contributed by atoms with Crippen molar-refractivity contribution in [3.8, 4) is 0 Å². The zero-order valence-corrected chi connectivity index (χ0v) is 12.8. The minimum Gasteiger partial charge on any atom is -0.364 e. The molecule has 1 amide bonds. The lowest BCUT2D eigenvalue weighted by molar-refractivity contribution is -0.123. The van der Waals surface area contributed by atoms with Crippen molar-refractivity contribution in [1.82, 2.24) is 15.2 Å². The third-order valence-corrected chi connectivity index (χ3v) is 4.19. The van der Waals surface area contributed by atoms with E-state index in [2.05, 4.69) is 14.4 Å². The van der Waals surface area contributed by atoms with E-state index < -0.39 is 28.7 Å². The summed E-state index contributed by atoms with van der Waals surface area (Å²) < 4.78 is 67.4.